The highest BCUT2D eigenvalue weighted by Crippen LogP contribution is 2.36. The van der Waals surface area contributed by atoms with Gasteiger partial charge in [-0.3, -0.25) is 0 Å². The molecule has 1 fully saturated rings. The Bertz CT molecular complexity index is 347. The van der Waals surface area contributed by atoms with Gasteiger partial charge in [0.2, 0.25) is 0 Å². The molecule has 0 aromatic rings. The van der Waals surface area contributed by atoms with Gasteiger partial charge in [-0.05, 0) is 24.8 Å². The molecule has 0 radical (unpaired) electrons. The first-order chi connectivity index (χ1) is 7.33. The van der Waals surface area contributed by atoms with Gasteiger partial charge < -0.3 is 0 Å². The third-order valence-electron chi connectivity index (χ3n) is 3.28. The zero-order chi connectivity index (χ0) is 10.7. The third-order valence-corrected chi connectivity index (χ3v) is 3.62. The van der Waals surface area contributed by atoms with E-state index in [9.17, 15) is 4.79 Å². The monoisotopic (exact) mass is 223 g/mol. The van der Waals surface area contributed by atoms with Gasteiger partial charge in [-0.1, -0.05) is 30.9 Å². The molecule has 1 aliphatic heterocycles. The fourth-order valence-electron chi connectivity index (χ4n) is 2.51. The van der Waals surface area contributed by atoms with Gasteiger partial charge in [0.25, 0.3) is 0 Å². The summed E-state index contributed by atoms with van der Waals surface area (Å²) in [7, 11) is 0. The maximum atomic E-state index is 10.8. The number of hydrogen-bond acceptors (Lipinski definition) is 2. The predicted octanol–water partition coefficient (Wildman–Crippen LogP) is 3.11. The van der Waals surface area contributed by atoms with Gasteiger partial charge in [0, 0.05) is 11.8 Å². The topological polar surface area (TPSA) is 29.4 Å². The average molecular weight is 224 g/mol. The van der Waals surface area contributed by atoms with Crippen LogP contribution in [0.4, 0.5) is 0 Å². The molecule has 80 valence electrons. The highest BCUT2D eigenvalue weighted by Gasteiger charge is 2.31. The Morgan fingerprint density at radius 1 is 1.33 bits per heavy atom. The molecule has 2 aliphatic rings. The lowest BCUT2D eigenvalue weighted by atomic mass is 9.77. The molecule has 1 saturated carbocycles. The number of carbonyl (C=O) groups excluding carboxylic acids is 1. The molecule has 0 amide bonds. The summed E-state index contributed by atoms with van der Waals surface area (Å²) in [5.41, 5.74) is 0.668. The van der Waals surface area contributed by atoms with Gasteiger partial charge in [0.1, 0.15) is 11.1 Å². The Balaban J connectivity index is 2.21. The molecular formula is C12H14ClNO. The second kappa shape index (κ2) is 4.78. The molecule has 1 unspecified atom stereocenters. The van der Waals surface area contributed by atoms with E-state index in [1.165, 1.54) is 19.3 Å². The van der Waals surface area contributed by atoms with Crippen LogP contribution >= 0.6 is 11.6 Å². The minimum atomic E-state index is 0.00877. The van der Waals surface area contributed by atoms with E-state index in [0.717, 1.165) is 12.8 Å². The average Bonchev–Trinajstić information content (AvgIpc) is 2.29. The van der Waals surface area contributed by atoms with Gasteiger partial charge in [0.15, 0.2) is 0 Å². The first kappa shape index (κ1) is 10.7. The van der Waals surface area contributed by atoms with Crippen molar-refractivity contribution in [3.8, 4) is 0 Å². The summed E-state index contributed by atoms with van der Waals surface area (Å²) in [6.45, 7) is 0. The number of allylic oxidation sites excluding steroid dienone is 2. The molecule has 3 heteroatoms. The van der Waals surface area contributed by atoms with E-state index in [1.54, 1.807) is 12.3 Å². The summed E-state index contributed by atoms with van der Waals surface area (Å²) in [5, 5.41) is 0.558. The Hall–Kier alpha value is -0.850. The molecule has 0 spiro atoms. The number of hydrogen-bond donors (Lipinski definition) is 0. The SMILES string of the molecule is O=C=C1C=CN=C(Cl)C1C1CCCCC1. The lowest BCUT2D eigenvalue weighted by molar-refractivity contribution is 0.325. The van der Waals surface area contributed by atoms with Gasteiger partial charge in [-0.15, -0.1) is 0 Å². The Kier molecular flexibility index (Phi) is 3.40. The van der Waals surface area contributed by atoms with E-state index < -0.39 is 0 Å². The van der Waals surface area contributed by atoms with Crippen molar-refractivity contribution in [3.63, 3.8) is 0 Å². The van der Waals surface area contributed by atoms with Crippen LogP contribution in [0.15, 0.2) is 22.8 Å². The quantitative estimate of drug-likeness (QED) is 0.628. The van der Waals surface area contributed by atoms with E-state index in [0.29, 0.717) is 16.7 Å². The molecule has 0 saturated heterocycles. The molecule has 0 aromatic carbocycles. The van der Waals surface area contributed by atoms with Crippen LogP contribution in [0, 0.1) is 11.8 Å². The molecule has 1 atom stereocenters. The van der Waals surface area contributed by atoms with Crippen molar-refractivity contribution in [3.05, 3.63) is 17.8 Å². The van der Waals surface area contributed by atoms with Gasteiger partial charge in [-0.25, -0.2) is 9.79 Å². The zero-order valence-electron chi connectivity index (χ0n) is 8.58. The molecule has 0 aromatic heterocycles. The van der Waals surface area contributed by atoms with Gasteiger partial charge in [0.05, 0.1) is 5.92 Å². The lowest BCUT2D eigenvalue weighted by Gasteiger charge is -2.29. The van der Waals surface area contributed by atoms with Crippen LogP contribution in [-0.2, 0) is 4.79 Å². The maximum Gasteiger partial charge on any atom is 0.128 e. The summed E-state index contributed by atoms with van der Waals surface area (Å²) >= 11 is 6.09. The number of nitrogens with zero attached hydrogens (tertiary/aromatic N) is 1. The standard InChI is InChI=1S/C12H14ClNO/c13-12-11(9-4-2-1-3-5-9)10(8-15)6-7-14-12/h6-7,9,11H,1-5H2. The molecule has 1 heterocycles. The van der Waals surface area contributed by atoms with Crippen LogP contribution < -0.4 is 0 Å². The smallest absolute Gasteiger partial charge is 0.128 e. The number of rotatable bonds is 1. The van der Waals surface area contributed by atoms with Gasteiger partial charge >= 0.3 is 0 Å². The second-order valence-corrected chi connectivity index (χ2v) is 4.59. The van der Waals surface area contributed by atoms with E-state index in [4.69, 9.17) is 11.6 Å². The van der Waals surface area contributed by atoms with Crippen molar-refractivity contribution in [2.45, 2.75) is 32.1 Å². The van der Waals surface area contributed by atoms with Crippen LogP contribution in [0.2, 0.25) is 0 Å². The van der Waals surface area contributed by atoms with Crippen molar-refractivity contribution in [1.29, 1.82) is 0 Å². The van der Waals surface area contributed by atoms with Crippen molar-refractivity contribution in [2.75, 3.05) is 0 Å². The van der Waals surface area contributed by atoms with Crippen LogP contribution in [-0.4, -0.2) is 11.1 Å². The van der Waals surface area contributed by atoms with E-state index >= 15 is 0 Å². The van der Waals surface area contributed by atoms with Gasteiger partial charge in [-0.2, -0.15) is 0 Å². The first-order valence-electron chi connectivity index (χ1n) is 5.47. The molecule has 0 N–H and O–H groups in total. The molecule has 1 aliphatic carbocycles. The Morgan fingerprint density at radius 3 is 2.73 bits per heavy atom. The maximum absolute atomic E-state index is 10.8. The Labute approximate surface area is 94.7 Å². The van der Waals surface area contributed by atoms with Crippen molar-refractivity contribution in [1.82, 2.24) is 0 Å². The molecule has 15 heavy (non-hydrogen) atoms. The molecule has 2 nitrogen and oxygen atoms in total. The van der Waals surface area contributed by atoms with Crippen LogP contribution in [0.5, 0.6) is 0 Å². The largest absolute Gasteiger partial charge is 0.248 e. The summed E-state index contributed by atoms with van der Waals surface area (Å²) in [4.78, 5) is 14.9. The van der Waals surface area contributed by atoms with E-state index in [1.807, 2.05) is 5.94 Å². The van der Waals surface area contributed by atoms with Crippen LogP contribution in [0.25, 0.3) is 0 Å². The first-order valence-corrected chi connectivity index (χ1v) is 5.85. The fourth-order valence-corrected chi connectivity index (χ4v) is 2.87. The van der Waals surface area contributed by atoms with Crippen molar-refractivity contribution in [2.24, 2.45) is 16.8 Å². The van der Waals surface area contributed by atoms with Crippen LogP contribution in [0.1, 0.15) is 32.1 Å². The van der Waals surface area contributed by atoms with E-state index in [-0.39, 0.29) is 5.92 Å². The Morgan fingerprint density at radius 2 is 2.07 bits per heavy atom. The summed E-state index contributed by atoms with van der Waals surface area (Å²) < 4.78 is 0. The summed E-state index contributed by atoms with van der Waals surface area (Å²) in [6.07, 6.45) is 9.39. The number of aliphatic imine (C=N–C) groups is 1. The minimum Gasteiger partial charge on any atom is -0.248 e. The van der Waals surface area contributed by atoms with Crippen LogP contribution in [0.3, 0.4) is 0 Å². The highest BCUT2D eigenvalue weighted by molar-refractivity contribution is 6.66. The van der Waals surface area contributed by atoms with E-state index in [2.05, 4.69) is 4.99 Å². The second-order valence-electron chi connectivity index (χ2n) is 4.20. The van der Waals surface area contributed by atoms with Crippen molar-refractivity contribution >= 4 is 22.7 Å². The molecule has 2 rings (SSSR count). The molecule has 0 bridgehead atoms. The summed E-state index contributed by atoms with van der Waals surface area (Å²) in [6, 6.07) is 0. The zero-order valence-corrected chi connectivity index (χ0v) is 9.33. The van der Waals surface area contributed by atoms with Crippen molar-refractivity contribution < 1.29 is 4.79 Å². The third kappa shape index (κ3) is 2.22. The highest BCUT2D eigenvalue weighted by atomic mass is 35.5. The fraction of sp³-hybridized carbons (Fsp3) is 0.583. The number of halogens is 1. The summed E-state index contributed by atoms with van der Waals surface area (Å²) in [5.74, 6) is 2.49. The molecular weight excluding hydrogens is 210 g/mol. The minimum absolute atomic E-state index is 0.00877. The normalized spacial score (nSPS) is 27.4. The lowest BCUT2D eigenvalue weighted by Crippen LogP contribution is -2.26. The predicted molar refractivity (Wildman–Crippen MR) is 61.7 cm³/mol.